The molecule has 1 aliphatic rings. The summed E-state index contributed by atoms with van der Waals surface area (Å²) in [7, 11) is 0. The molecule has 5 heteroatoms. The standard InChI is InChI=1S/C13H17ClN2O2/c1-13(5-7-18-8-6-13)16-12(17)15-11-4-2-3-10(14)9-11/h2-4,9H,5-8H2,1H3,(H2,15,16,17). The zero-order valence-electron chi connectivity index (χ0n) is 10.3. The molecular weight excluding hydrogens is 252 g/mol. The first-order valence-corrected chi connectivity index (χ1v) is 6.38. The number of urea groups is 1. The third-order valence-corrected chi connectivity index (χ3v) is 3.33. The number of benzene rings is 1. The van der Waals surface area contributed by atoms with E-state index in [0.717, 1.165) is 12.8 Å². The zero-order valence-corrected chi connectivity index (χ0v) is 11.1. The molecule has 0 radical (unpaired) electrons. The van der Waals surface area contributed by atoms with E-state index < -0.39 is 0 Å². The molecule has 1 saturated heterocycles. The Kier molecular flexibility index (Phi) is 4.09. The molecule has 0 bridgehead atoms. The van der Waals surface area contributed by atoms with Gasteiger partial charge in [0.1, 0.15) is 0 Å². The largest absolute Gasteiger partial charge is 0.381 e. The number of ether oxygens (including phenoxy) is 1. The maximum atomic E-state index is 11.9. The van der Waals surface area contributed by atoms with Crippen molar-refractivity contribution in [2.45, 2.75) is 25.3 Å². The number of nitrogens with one attached hydrogen (secondary N) is 2. The molecule has 1 fully saturated rings. The lowest BCUT2D eigenvalue weighted by Crippen LogP contribution is -2.51. The molecule has 2 N–H and O–H groups in total. The minimum atomic E-state index is -0.207. The van der Waals surface area contributed by atoms with Gasteiger partial charge in [0, 0.05) is 29.5 Å². The van der Waals surface area contributed by atoms with Crippen LogP contribution in [0.4, 0.5) is 10.5 Å². The SMILES string of the molecule is CC1(NC(=O)Nc2cccc(Cl)c2)CCOCC1. The van der Waals surface area contributed by atoms with Gasteiger partial charge in [0.15, 0.2) is 0 Å². The predicted octanol–water partition coefficient (Wildman–Crippen LogP) is 3.03. The van der Waals surface area contributed by atoms with Gasteiger partial charge < -0.3 is 15.4 Å². The molecular formula is C13H17ClN2O2. The summed E-state index contributed by atoms with van der Waals surface area (Å²) in [6.45, 7) is 3.41. The average molecular weight is 269 g/mol. The van der Waals surface area contributed by atoms with E-state index in [2.05, 4.69) is 10.6 Å². The smallest absolute Gasteiger partial charge is 0.319 e. The van der Waals surface area contributed by atoms with Crippen molar-refractivity contribution in [3.05, 3.63) is 29.3 Å². The van der Waals surface area contributed by atoms with Crippen molar-refractivity contribution in [2.75, 3.05) is 18.5 Å². The minimum absolute atomic E-state index is 0.194. The van der Waals surface area contributed by atoms with E-state index in [1.54, 1.807) is 24.3 Å². The first-order chi connectivity index (χ1) is 8.57. The van der Waals surface area contributed by atoms with Gasteiger partial charge in [-0.2, -0.15) is 0 Å². The van der Waals surface area contributed by atoms with Crippen LogP contribution in [0.5, 0.6) is 0 Å². The van der Waals surface area contributed by atoms with Crippen molar-refractivity contribution in [1.82, 2.24) is 5.32 Å². The fourth-order valence-corrected chi connectivity index (χ4v) is 2.14. The Labute approximate surface area is 112 Å². The third kappa shape index (κ3) is 3.62. The first kappa shape index (κ1) is 13.2. The molecule has 0 spiro atoms. The topological polar surface area (TPSA) is 50.4 Å². The van der Waals surface area contributed by atoms with Crippen LogP contribution in [-0.4, -0.2) is 24.8 Å². The Morgan fingerprint density at radius 2 is 2.11 bits per heavy atom. The van der Waals surface area contributed by atoms with E-state index in [9.17, 15) is 4.79 Å². The lowest BCUT2D eigenvalue weighted by molar-refractivity contribution is 0.0500. The lowest BCUT2D eigenvalue weighted by atomic mass is 9.93. The van der Waals surface area contributed by atoms with Crippen LogP contribution < -0.4 is 10.6 Å². The Balaban J connectivity index is 1.92. The average Bonchev–Trinajstić information content (AvgIpc) is 2.28. The van der Waals surface area contributed by atoms with Gasteiger partial charge in [-0.05, 0) is 38.0 Å². The van der Waals surface area contributed by atoms with E-state index in [-0.39, 0.29) is 11.6 Å². The maximum Gasteiger partial charge on any atom is 0.319 e. The summed E-state index contributed by atoms with van der Waals surface area (Å²) in [5, 5.41) is 6.37. The van der Waals surface area contributed by atoms with E-state index in [1.165, 1.54) is 0 Å². The summed E-state index contributed by atoms with van der Waals surface area (Å²) in [6.07, 6.45) is 1.66. The molecule has 0 unspecified atom stereocenters. The lowest BCUT2D eigenvalue weighted by Gasteiger charge is -2.34. The Morgan fingerprint density at radius 3 is 2.78 bits per heavy atom. The van der Waals surface area contributed by atoms with E-state index in [4.69, 9.17) is 16.3 Å². The van der Waals surface area contributed by atoms with E-state index in [1.807, 2.05) is 6.92 Å². The Morgan fingerprint density at radius 1 is 1.39 bits per heavy atom. The second kappa shape index (κ2) is 5.59. The molecule has 98 valence electrons. The van der Waals surface area contributed by atoms with Crippen molar-refractivity contribution >= 4 is 23.3 Å². The van der Waals surface area contributed by atoms with Crippen LogP contribution in [-0.2, 0) is 4.74 Å². The first-order valence-electron chi connectivity index (χ1n) is 6.00. The third-order valence-electron chi connectivity index (χ3n) is 3.09. The summed E-state index contributed by atoms with van der Waals surface area (Å²) in [6, 6.07) is 6.88. The summed E-state index contributed by atoms with van der Waals surface area (Å²) in [4.78, 5) is 11.9. The van der Waals surface area contributed by atoms with Crippen molar-refractivity contribution in [1.29, 1.82) is 0 Å². The number of hydrogen-bond acceptors (Lipinski definition) is 2. The summed E-state index contributed by atoms with van der Waals surface area (Å²) in [5.41, 5.74) is 0.497. The highest BCUT2D eigenvalue weighted by Gasteiger charge is 2.28. The zero-order chi connectivity index (χ0) is 13.0. The van der Waals surface area contributed by atoms with Gasteiger partial charge in [-0.1, -0.05) is 17.7 Å². The van der Waals surface area contributed by atoms with E-state index >= 15 is 0 Å². The summed E-state index contributed by atoms with van der Waals surface area (Å²) in [5.74, 6) is 0. The van der Waals surface area contributed by atoms with Crippen LogP contribution in [0.3, 0.4) is 0 Å². The molecule has 0 atom stereocenters. The Hall–Kier alpha value is -1.26. The Bertz CT molecular complexity index is 431. The van der Waals surface area contributed by atoms with Crippen LogP contribution in [0.2, 0.25) is 5.02 Å². The number of halogens is 1. The van der Waals surface area contributed by atoms with Crippen molar-refractivity contribution in [3.63, 3.8) is 0 Å². The highest BCUT2D eigenvalue weighted by Crippen LogP contribution is 2.20. The predicted molar refractivity (Wildman–Crippen MR) is 72.1 cm³/mol. The van der Waals surface area contributed by atoms with Crippen molar-refractivity contribution in [2.24, 2.45) is 0 Å². The fourth-order valence-electron chi connectivity index (χ4n) is 1.95. The highest BCUT2D eigenvalue weighted by molar-refractivity contribution is 6.30. The second-order valence-electron chi connectivity index (χ2n) is 4.76. The van der Waals surface area contributed by atoms with Gasteiger partial charge in [0.25, 0.3) is 0 Å². The molecule has 1 aromatic carbocycles. The molecule has 0 aromatic heterocycles. The molecule has 4 nitrogen and oxygen atoms in total. The van der Waals surface area contributed by atoms with Crippen LogP contribution in [0.25, 0.3) is 0 Å². The number of carbonyl (C=O) groups is 1. The number of anilines is 1. The van der Waals surface area contributed by atoms with Crippen molar-refractivity contribution in [3.8, 4) is 0 Å². The monoisotopic (exact) mass is 268 g/mol. The van der Waals surface area contributed by atoms with Gasteiger partial charge in [-0.3, -0.25) is 0 Å². The normalized spacial score (nSPS) is 18.1. The quantitative estimate of drug-likeness (QED) is 0.866. The van der Waals surface area contributed by atoms with Crippen molar-refractivity contribution < 1.29 is 9.53 Å². The van der Waals surface area contributed by atoms with Gasteiger partial charge in [-0.25, -0.2) is 4.79 Å². The number of amides is 2. The highest BCUT2D eigenvalue weighted by atomic mass is 35.5. The number of rotatable bonds is 2. The molecule has 0 saturated carbocycles. The van der Waals surface area contributed by atoms with Gasteiger partial charge in [-0.15, -0.1) is 0 Å². The van der Waals surface area contributed by atoms with Crippen LogP contribution in [0.1, 0.15) is 19.8 Å². The van der Waals surface area contributed by atoms with E-state index in [0.29, 0.717) is 23.9 Å². The molecule has 1 heterocycles. The van der Waals surface area contributed by atoms with Crippen LogP contribution >= 0.6 is 11.6 Å². The van der Waals surface area contributed by atoms with Gasteiger partial charge >= 0.3 is 6.03 Å². The summed E-state index contributed by atoms with van der Waals surface area (Å²) >= 11 is 5.86. The molecule has 2 amide bonds. The molecule has 1 aromatic rings. The fraction of sp³-hybridized carbons (Fsp3) is 0.462. The van der Waals surface area contributed by atoms with Gasteiger partial charge in [0.05, 0.1) is 0 Å². The van der Waals surface area contributed by atoms with Crippen LogP contribution in [0, 0.1) is 0 Å². The molecule has 1 aliphatic heterocycles. The molecule has 0 aliphatic carbocycles. The molecule has 18 heavy (non-hydrogen) atoms. The van der Waals surface area contributed by atoms with Crippen LogP contribution in [0.15, 0.2) is 24.3 Å². The molecule has 2 rings (SSSR count). The maximum absolute atomic E-state index is 11.9. The second-order valence-corrected chi connectivity index (χ2v) is 5.20. The number of hydrogen-bond donors (Lipinski definition) is 2. The van der Waals surface area contributed by atoms with Gasteiger partial charge in [0.2, 0.25) is 0 Å². The number of carbonyl (C=O) groups excluding carboxylic acids is 1. The summed E-state index contributed by atoms with van der Waals surface area (Å²) < 4.78 is 5.29. The minimum Gasteiger partial charge on any atom is -0.381 e.